The van der Waals surface area contributed by atoms with Gasteiger partial charge in [0.05, 0.1) is 24.2 Å². The van der Waals surface area contributed by atoms with Gasteiger partial charge in [0.2, 0.25) is 5.13 Å². The molecule has 0 spiro atoms. The molecule has 0 saturated carbocycles. The van der Waals surface area contributed by atoms with Crippen molar-refractivity contribution in [3.05, 3.63) is 95.4 Å². The average molecular weight is 496 g/mol. The molecule has 9 heteroatoms. The minimum absolute atomic E-state index is 0.0684. The maximum absolute atomic E-state index is 13.0. The number of ether oxygens (including phenoxy) is 1. The summed E-state index contributed by atoms with van der Waals surface area (Å²) in [5.74, 6) is 0.374. The van der Waals surface area contributed by atoms with Crippen LogP contribution in [0.3, 0.4) is 0 Å². The summed E-state index contributed by atoms with van der Waals surface area (Å²) < 4.78 is 5.20. The van der Waals surface area contributed by atoms with Crippen LogP contribution in [0, 0.1) is 0 Å². The lowest BCUT2D eigenvalue weighted by Crippen LogP contribution is -2.29. The van der Waals surface area contributed by atoms with Crippen molar-refractivity contribution in [2.75, 3.05) is 12.1 Å². The topological polar surface area (TPSA) is 96.6 Å². The fraction of sp³-hybridized carbons (Fsp3) is 0.111. The molecule has 8 nitrogen and oxygen atoms in total. The molecule has 2 heterocycles. The monoisotopic (exact) mass is 495 g/mol. The molecule has 0 aliphatic carbocycles. The zero-order valence-corrected chi connectivity index (χ0v) is 20.3. The maximum Gasteiger partial charge on any atom is 0.282 e. The summed E-state index contributed by atoms with van der Waals surface area (Å²) >= 11 is 1.33. The van der Waals surface area contributed by atoms with Crippen molar-refractivity contribution in [3.63, 3.8) is 0 Å². The normalized spacial score (nSPS) is 15.4. The van der Waals surface area contributed by atoms with Gasteiger partial charge in [0.25, 0.3) is 5.91 Å². The van der Waals surface area contributed by atoms with Gasteiger partial charge in [-0.3, -0.25) is 9.59 Å². The van der Waals surface area contributed by atoms with Crippen LogP contribution >= 0.6 is 11.3 Å². The van der Waals surface area contributed by atoms with Crippen molar-refractivity contribution >= 4 is 39.6 Å². The molecule has 5 rings (SSSR count). The summed E-state index contributed by atoms with van der Waals surface area (Å²) in [6.07, 6.45) is 0. The summed E-state index contributed by atoms with van der Waals surface area (Å²) in [6, 6.07) is 22.6. The van der Waals surface area contributed by atoms with E-state index in [1.807, 2.05) is 47.8 Å². The highest BCUT2D eigenvalue weighted by Crippen LogP contribution is 2.31. The fourth-order valence-corrected chi connectivity index (χ4v) is 4.43. The molecule has 4 aromatic rings. The van der Waals surface area contributed by atoms with Crippen LogP contribution in [0.5, 0.6) is 5.75 Å². The molecule has 178 valence electrons. The number of hydrazone groups is 1. The van der Waals surface area contributed by atoms with Crippen molar-refractivity contribution in [1.29, 1.82) is 0 Å². The van der Waals surface area contributed by atoms with Crippen LogP contribution < -0.4 is 9.75 Å². The molecule has 1 atom stereocenters. The van der Waals surface area contributed by atoms with Crippen LogP contribution in [0.2, 0.25) is 0 Å². The molecular formula is C27H21N5O3S. The van der Waals surface area contributed by atoms with Crippen LogP contribution in [-0.2, 0) is 4.79 Å². The first-order valence-electron chi connectivity index (χ1n) is 11.1. The van der Waals surface area contributed by atoms with Gasteiger partial charge in [-0.1, -0.05) is 30.3 Å². The highest BCUT2D eigenvalue weighted by Gasteiger charge is 2.36. The molecule has 0 radical (unpaired) electrons. The lowest BCUT2D eigenvalue weighted by atomic mass is 10.0. The largest absolute Gasteiger partial charge is 0.497 e. The van der Waals surface area contributed by atoms with E-state index in [1.165, 1.54) is 16.3 Å². The Morgan fingerprint density at radius 2 is 1.67 bits per heavy atom. The van der Waals surface area contributed by atoms with Crippen LogP contribution in [0.1, 0.15) is 22.8 Å². The third-order valence-corrected chi connectivity index (χ3v) is 6.43. The van der Waals surface area contributed by atoms with Gasteiger partial charge >= 0.3 is 0 Å². The number of ketones is 1. The molecule has 1 aromatic heterocycles. The summed E-state index contributed by atoms with van der Waals surface area (Å²) in [6.45, 7) is 1.74. The van der Waals surface area contributed by atoms with Gasteiger partial charge in [0.15, 0.2) is 11.8 Å². The van der Waals surface area contributed by atoms with E-state index < -0.39 is 6.04 Å². The minimum atomic E-state index is -0.830. The number of benzene rings is 3. The summed E-state index contributed by atoms with van der Waals surface area (Å²) in [4.78, 5) is 30.2. The minimum Gasteiger partial charge on any atom is -0.497 e. The zero-order chi connectivity index (χ0) is 25.1. The molecule has 0 fully saturated rings. The van der Waals surface area contributed by atoms with E-state index in [9.17, 15) is 9.59 Å². The van der Waals surface area contributed by atoms with Gasteiger partial charge < -0.3 is 4.74 Å². The first-order chi connectivity index (χ1) is 17.5. The molecule has 36 heavy (non-hydrogen) atoms. The Morgan fingerprint density at radius 1 is 0.972 bits per heavy atom. The number of hydrogen-bond acceptors (Lipinski definition) is 8. The second-order valence-corrected chi connectivity index (χ2v) is 8.83. The van der Waals surface area contributed by atoms with Crippen LogP contribution in [-0.4, -0.2) is 35.5 Å². The Morgan fingerprint density at radius 3 is 2.36 bits per heavy atom. The predicted molar refractivity (Wildman–Crippen MR) is 139 cm³/mol. The number of amides is 1. The molecule has 1 amide bonds. The SMILES string of the molecule is COc1ccc(-c2csc(N3N=C(C)[C@H](N=Nc4ccc(C(=O)c5ccccc5)cc4)C3=O)n2)cc1. The van der Waals surface area contributed by atoms with Gasteiger partial charge in [-0.2, -0.15) is 20.3 Å². The first kappa shape index (κ1) is 23.3. The fourth-order valence-electron chi connectivity index (χ4n) is 3.64. The molecule has 0 saturated heterocycles. The second-order valence-electron chi connectivity index (χ2n) is 8.00. The number of aromatic nitrogens is 1. The van der Waals surface area contributed by atoms with E-state index in [2.05, 4.69) is 20.3 Å². The van der Waals surface area contributed by atoms with E-state index >= 15 is 0 Å². The van der Waals surface area contributed by atoms with E-state index in [4.69, 9.17) is 4.74 Å². The molecule has 0 N–H and O–H groups in total. The van der Waals surface area contributed by atoms with E-state index in [0.29, 0.717) is 27.7 Å². The number of thiazole rings is 1. The van der Waals surface area contributed by atoms with Crippen molar-refractivity contribution in [2.24, 2.45) is 15.3 Å². The smallest absolute Gasteiger partial charge is 0.282 e. The third kappa shape index (κ3) is 4.69. The highest BCUT2D eigenvalue weighted by atomic mass is 32.1. The average Bonchev–Trinajstić information content (AvgIpc) is 3.52. The lowest BCUT2D eigenvalue weighted by Gasteiger charge is -2.08. The number of anilines is 1. The second kappa shape index (κ2) is 10.0. The maximum atomic E-state index is 13.0. The quantitative estimate of drug-likeness (QED) is 0.235. The van der Waals surface area contributed by atoms with Crippen molar-refractivity contribution in [1.82, 2.24) is 4.98 Å². The predicted octanol–water partition coefficient (Wildman–Crippen LogP) is 5.92. The molecule has 1 aliphatic rings. The molecule has 1 aliphatic heterocycles. The van der Waals surface area contributed by atoms with Crippen molar-refractivity contribution in [3.8, 4) is 17.0 Å². The Hall–Kier alpha value is -4.50. The number of methoxy groups -OCH3 is 1. The lowest BCUT2D eigenvalue weighted by molar-refractivity contribution is -0.117. The molecular weight excluding hydrogens is 474 g/mol. The summed E-state index contributed by atoms with van der Waals surface area (Å²) in [5.41, 5.74) is 3.89. The summed E-state index contributed by atoms with van der Waals surface area (Å²) in [7, 11) is 1.62. The van der Waals surface area contributed by atoms with Gasteiger partial charge in [-0.15, -0.1) is 11.3 Å². The Bertz CT molecular complexity index is 1460. The van der Waals surface area contributed by atoms with Gasteiger partial charge in [0, 0.05) is 22.1 Å². The number of azo groups is 1. The number of carbonyl (C=O) groups excluding carboxylic acids is 2. The van der Waals surface area contributed by atoms with Crippen LogP contribution in [0.15, 0.2) is 99.6 Å². The van der Waals surface area contributed by atoms with E-state index in [-0.39, 0.29) is 11.7 Å². The first-order valence-corrected chi connectivity index (χ1v) is 12.0. The zero-order valence-electron chi connectivity index (χ0n) is 19.5. The van der Waals surface area contributed by atoms with Crippen molar-refractivity contribution in [2.45, 2.75) is 13.0 Å². The number of hydrogen-bond donors (Lipinski definition) is 0. The highest BCUT2D eigenvalue weighted by molar-refractivity contribution is 7.14. The van der Waals surface area contributed by atoms with Crippen LogP contribution in [0.25, 0.3) is 11.3 Å². The van der Waals surface area contributed by atoms with Gasteiger partial charge in [-0.05, 0) is 55.5 Å². The van der Waals surface area contributed by atoms with Gasteiger partial charge in [0.1, 0.15) is 5.75 Å². The number of nitrogens with zero attached hydrogens (tertiary/aromatic N) is 5. The molecule has 0 unspecified atom stereocenters. The van der Waals surface area contributed by atoms with E-state index in [1.54, 1.807) is 50.4 Å². The van der Waals surface area contributed by atoms with Gasteiger partial charge in [-0.25, -0.2) is 4.98 Å². The Balaban J connectivity index is 1.27. The standard InChI is InChI=1S/C27H21N5O3S/c1-17-24(30-29-21-12-8-20(9-13-21)25(33)19-6-4-3-5-7-19)26(34)32(31-17)27-28-23(16-36-27)18-10-14-22(35-2)15-11-18/h3-16,24H,1-2H3/t24-/m0/s1. The number of rotatable bonds is 7. The Kier molecular flexibility index (Phi) is 6.46. The van der Waals surface area contributed by atoms with E-state index in [0.717, 1.165) is 17.0 Å². The Labute approximate surface area is 211 Å². The molecule has 3 aromatic carbocycles. The number of carbonyl (C=O) groups is 2. The third-order valence-electron chi connectivity index (χ3n) is 5.61. The molecule has 0 bridgehead atoms. The van der Waals surface area contributed by atoms with Crippen LogP contribution in [0.4, 0.5) is 10.8 Å². The van der Waals surface area contributed by atoms with Crippen molar-refractivity contribution < 1.29 is 14.3 Å². The summed E-state index contributed by atoms with van der Waals surface area (Å²) in [5, 5.41) is 16.4.